The zero-order valence-corrected chi connectivity index (χ0v) is 24.4. The summed E-state index contributed by atoms with van der Waals surface area (Å²) < 4.78 is 4.67. The molecule has 1 aromatic rings. The quantitative estimate of drug-likeness (QED) is 0.193. The van der Waals surface area contributed by atoms with Gasteiger partial charge in [0.15, 0.2) is 0 Å². The van der Waals surface area contributed by atoms with Crippen LogP contribution in [0.1, 0.15) is 59.9 Å². The number of carbonyl (C=O) groups is 4. The third-order valence-corrected chi connectivity index (χ3v) is 4.51. The van der Waals surface area contributed by atoms with Crippen molar-refractivity contribution in [1.29, 1.82) is 0 Å². The molecule has 0 saturated carbocycles. The number of amides is 3. The second-order valence-corrected chi connectivity index (χ2v) is 9.15. The fourth-order valence-corrected chi connectivity index (χ4v) is 2.42. The molecule has 39 heavy (non-hydrogen) atoms. The number of anilines is 1. The van der Waals surface area contributed by atoms with Gasteiger partial charge in [0.25, 0.3) is 0 Å². The second kappa shape index (κ2) is 22.8. The first-order valence-electron chi connectivity index (χ1n) is 13.0. The molecule has 1 atom stereocenters. The molecule has 0 aliphatic heterocycles. The summed E-state index contributed by atoms with van der Waals surface area (Å²) in [6, 6.07) is 6.04. The van der Waals surface area contributed by atoms with Crippen LogP contribution in [0, 0.1) is 5.92 Å². The van der Waals surface area contributed by atoms with Crippen LogP contribution in [0.15, 0.2) is 24.3 Å². The van der Waals surface area contributed by atoms with E-state index in [1.807, 2.05) is 13.8 Å². The topological polar surface area (TPSA) is 178 Å². The van der Waals surface area contributed by atoms with Crippen LogP contribution in [0.25, 0.3) is 0 Å². The Morgan fingerprint density at radius 1 is 1.05 bits per heavy atom. The van der Waals surface area contributed by atoms with Crippen molar-refractivity contribution in [3.8, 4) is 0 Å². The van der Waals surface area contributed by atoms with Crippen LogP contribution in [0.5, 0.6) is 0 Å². The number of hydrogen-bond donors (Lipinski definition) is 5. The number of hydrogen-bond acceptors (Lipinski definition) is 9. The smallest absolute Gasteiger partial charge is 0.426 e. The number of benzene rings is 1. The van der Waals surface area contributed by atoms with Crippen molar-refractivity contribution in [1.82, 2.24) is 15.7 Å². The maximum Gasteiger partial charge on any atom is 0.426 e. The molecule has 220 valence electrons. The number of nitrogens with one attached hydrogen (secondary N) is 3. The highest BCUT2D eigenvalue weighted by atomic mass is 16.7. The molecule has 12 nitrogen and oxygen atoms in total. The van der Waals surface area contributed by atoms with Crippen LogP contribution in [-0.2, 0) is 25.8 Å². The zero-order valence-electron chi connectivity index (χ0n) is 24.4. The van der Waals surface area contributed by atoms with Gasteiger partial charge in [0, 0.05) is 19.3 Å². The summed E-state index contributed by atoms with van der Waals surface area (Å²) in [5.41, 5.74) is 11.5. The van der Waals surface area contributed by atoms with Gasteiger partial charge in [-0.25, -0.2) is 4.79 Å². The molecule has 1 unspecified atom stereocenters. The molecule has 0 aromatic heterocycles. The normalized spacial score (nSPS) is 10.9. The average molecular weight is 551 g/mol. The lowest BCUT2D eigenvalue weighted by atomic mass is 10.0. The van der Waals surface area contributed by atoms with Crippen molar-refractivity contribution in [2.24, 2.45) is 17.4 Å². The number of unbranched alkanes of at least 4 members (excludes halogenated alkanes) is 1. The molecular weight excluding hydrogens is 503 g/mol. The van der Waals surface area contributed by atoms with E-state index in [0.29, 0.717) is 23.8 Å². The predicted octanol–water partition coefficient (Wildman–Crippen LogP) is 2.26. The third kappa shape index (κ3) is 22.5. The van der Waals surface area contributed by atoms with Crippen molar-refractivity contribution < 1.29 is 28.8 Å². The molecule has 3 amide bonds. The Bertz CT molecular complexity index is 834. The summed E-state index contributed by atoms with van der Waals surface area (Å²) in [5, 5.41) is 8.93. The summed E-state index contributed by atoms with van der Waals surface area (Å²) in [7, 11) is 6.49. The molecule has 0 fully saturated rings. The Morgan fingerprint density at radius 2 is 1.62 bits per heavy atom. The molecule has 0 heterocycles. The maximum atomic E-state index is 12.4. The van der Waals surface area contributed by atoms with Gasteiger partial charge in [-0.3, -0.25) is 14.4 Å². The molecule has 1 aromatic carbocycles. The van der Waals surface area contributed by atoms with Crippen molar-refractivity contribution in [3.63, 3.8) is 0 Å². The Morgan fingerprint density at radius 3 is 2.03 bits per heavy atom. The fourth-order valence-electron chi connectivity index (χ4n) is 2.42. The first-order chi connectivity index (χ1) is 18.3. The van der Waals surface area contributed by atoms with Crippen LogP contribution in [0.3, 0.4) is 0 Å². The number of nitrogens with zero attached hydrogens (tertiary/aromatic N) is 1. The number of hydroxylamine groups is 2. The van der Waals surface area contributed by atoms with Crippen molar-refractivity contribution in [2.75, 3.05) is 32.0 Å². The second-order valence-electron chi connectivity index (χ2n) is 9.15. The zero-order chi connectivity index (χ0) is 30.4. The van der Waals surface area contributed by atoms with Gasteiger partial charge in [0.05, 0.1) is 6.54 Å². The van der Waals surface area contributed by atoms with Gasteiger partial charge in [-0.1, -0.05) is 53.2 Å². The molecule has 0 saturated heterocycles. The summed E-state index contributed by atoms with van der Waals surface area (Å²) in [6.45, 7) is 12.4. The van der Waals surface area contributed by atoms with Gasteiger partial charge in [0.2, 0.25) is 25.5 Å². The predicted molar refractivity (Wildman–Crippen MR) is 154 cm³/mol. The van der Waals surface area contributed by atoms with Crippen LogP contribution in [0.2, 0.25) is 0 Å². The van der Waals surface area contributed by atoms with E-state index in [0.717, 1.165) is 6.54 Å². The third-order valence-electron chi connectivity index (χ3n) is 4.51. The van der Waals surface area contributed by atoms with E-state index in [1.54, 1.807) is 52.1 Å². The lowest BCUT2D eigenvalue weighted by Gasteiger charge is -2.22. The summed E-state index contributed by atoms with van der Waals surface area (Å²) in [4.78, 5) is 51.9. The molecular formula is C26H47BN6O6. The van der Waals surface area contributed by atoms with E-state index in [2.05, 4.69) is 27.6 Å². The number of carbonyl (C=O) groups excluding carboxylic acids is 4. The Labute approximate surface area is 234 Å². The Kier molecular flexibility index (Phi) is 22.2. The van der Waals surface area contributed by atoms with E-state index in [-0.39, 0.29) is 19.1 Å². The van der Waals surface area contributed by atoms with E-state index < -0.39 is 29.8 Å². The van der Waals surface area contributed by atoms with Crippen LogP contribution >= 0.6 is 0 Å². The van der Waals surface area contributed by atoms with Crippen LogP contribution < -0.4 is 27.4 Å². The molecule has 1 rings (SSSR count). The van der Waals surface area contributed by atoms with E-state index in [1.165, 1.54) is 17.9 Å². The largest absolute Gasteiger partial charge is 0.470 e. The van der Waals surface area contributed by atoms with Gasteiger partial charge < -0.3 is 37.0 Å². The highest BCUT2D eigenvalue weighted by Gasteiger charge is 2.25. The van der Waals surface area contributed by atoms with E-state index >= 15 is 0 Å². The average Bonchev–Trinajstić information content (AvgIpc) is 2.85. The Balaban J connectivity index is 0. The van der Waals surface area contributed by atoms with Gasteiger partial charge in [0.1, 0.15) is 12.6 Å². The molecule has 0 aliphatic carbocycles. The van der Waals surface area contributed by atoms with E-state index in [9.17, 15) is 19.2 Å². The summed E-state index contributed by atoms with van der Waals surface area (Å²) in [6.07, 6.45) is 1.63. The molecule has 7 N–H and O–H groups in total. The summed E-state index contributed by atoms with van der Waals surface area (Å²) >= 11 is 0. The van der Waals surface area contributed by atoms with Crippen molar-refractivity contribution in [2.45, 2.75) is 73.1 Å². The highest BCUT2D eigenvalue weighted by molar-refractivity contribution is 6.55. The molecule has 0 bridgehead atoms. The van der Waals surface area contributed by atoms with Crippen molar-refractivity contribution >= 4 is 37.3 Å². The minimum Gasteiger partial charge on any atom is -0.470 e. The number of nitrogens with two attached hydrogens (primary N) is 2. The standard InChI is InChI=1S/C19H27BN4O6.C4H11N.C3H9N/c1-5-24(4)30-19(28)23-16(12(2)3)17(26)21-10-15(25)22-14-8-6-13(7-9-14)11-29-18(20)27;1-2-3-4-5;1-3(2)4/h6-9,12,16H,5,10-11H2,1-4H3,(H,21,26)(H,22,25)(H,23,28);2-5H2,1H3;3H,4H2,1-2H3. The van der Waals surface area contributed by atoms with Gasteiger partial charge in [-0.15, -0.1) is 5.06 Å². The van der Waals surface area contributed by atoms with E-state index in [4.69, 9.17) is 24.2 Å². The molecule has 2 radical (unpaired) electrons. The SMILES string of the molecule is CC(C)N.CCCCN.[B]C(=O)OCc1ccc(NC(=O)CNC(=O)C(NC(=O)ON(C)CC)C(C)C)cc1. The first-order valence-corrected chi connectivity index (χ1v) is 13.0. The number of rotatable bonds is 12. The van der Waals surface area contributed by atoms with Crippen LogP contribution in [0.4, 0.5) is 15.3 Å². The molecule has 13 heteroatoms. The van der Waals surface area contributed by atoms with Crippen LogP contribution in [-0.4, -0.2) is 75.5 Å². The maximum absolute atomic E-state index is 12.4. The fraction of sp³-hybridized carbons (Fsp3) is 0.615. The molecule has 0 aliphatic rings. The first kappa shape index (κ1) is 38.0. The lowest BCUT2D eigenvalue weighted by Crippen LogP contribution is -2.51. The monoisotopic (exact) mass is 550 g/mol. The van der Waals surface area contributed by atoms with Gasteiger partial charge in [-0.05, 0) is 49.5 Å². The lowest BCUT2D eigenvalue weighted by molar-refractivity contribution is -0.127. The van der Waals surface area contributed by atoms with Gasteiger partial charge >= 0.3 is 6.09 Å². The minimum atomic E-state index is -0.872. The molecule has 0 spiro atoms. The number of ether oxygens (including phenoxy) is 1. The minimum absolute atomic E-state index is 0.0275. The highest BCUT2D eigenvalue weighted by Crippen LogP contribution is 2.10. The Hall–Kier alpha value is -3.16. The summed E-state index contributed by atoms with van der Waals surface area (Å²) in [5.74, 6) is -2.04. The van der Waals surface area contributed by atoms with Gasteiger partial charge in [-0.2, -0.15) is 0 Å². The van der Waals surface area contributed by atoms with Crippen molar-refractivity contribution in [3.05, 3.63) is 29.8 Å².